The van der Waals surface area contributed by atoms with Gasteiger partial charge in [0.1, 0.15) is 0 Å². The second-order valence-corrected chi connectivity index (χ2v) is 6.20. The first-order chi connectivity index (χ1) is 9.56. The van der Waals surface area contributed by atoms with E-state index >= 15 is 0 Å². The molecular weight excluding hydrogens is 410 g/mol. The van der Waals surface area contributed by atoms with E-state index in [-0.39, 0.29) is 11.5 Å². The number of halogens is 3. The molecule has 0 N–H and O–H groups in total. The minimum Gasteiger partial charge on any atom is -0.451 e. The fourth-order valence-electron chi connectivity index (χ4n) is 1.92. The van der Waals surface area contributed by atoms with Gasteiger partial charge in [-0.1, -0.05) is 35.3 Å². The Balaban J connectivity index is 2.08. The van der Waals surface area contributed by atoms with E-state index in [1.165, 1.54) is 0 Å². The molecule has 0 radical (unpaired) electrons. The molecule has 0 saturated carbocycles. The minimum absolute atomic E-state index is 0.212. The lowest BCUT2D eigenvalue weighted by Gasteiger charge is -2.00. The minimum atomic E-state index is -0.212. The lowest BCUT2D eigenvalue weighted by molar-refractivity contribution is 0.101. The summed E-state index contributed by atoms with van der Waals surface area (Å²) in [6, 6.07) is 12.2. The van der Waals surface area contributed by atoms with E-state index in [1.54, 1.807) is 30.3 Å². The molecule has 0 aliphatic carbocycles. The number of para-hydroxylation sites is 1. The molecule has 0 atom stereocenters. The van der Waals surface area contributed by atoms with Gasteiger partial charge in [-0.05, 0) is 52.9 Å². The number of carbonyl (C=O) groups is 1. The van der Waals surface area contributed by atoms with Gasteiger partial charge in [0.25, 0.3) is 0 Å². The van der Waals surface area contributed by atoms with Crippen LogP contribution < -0.4 is 0 Å². The number of benzene rings is 2. The Morgan fingerprint density at radius 1 is 1.05 bits per heavy atom. The topological polar surface area (TPSA) is 30.2 Å². The Morgan fingerprint density at radius 2 is 1.85 bits per heavy atom. The SMILES string of the molecule is O=C(c1ccc(I)c(Cl)c1)c1cc2cccc(Cl)c2o1. The molecule has 0 fully saturated rings. The van der Waals surface area contributed by atoms with Gasteiger partial charge in [-0.25, -0.2) is 0 Å². The molecule has 0 bridgehead atoms. The molecule has 1 heterocycles. The summed E-state index contributed by atoms with van der Waals surface area (Å²) in [6.45, 7) is 0. The van der Waals surface area contributed by atoms with E-state index in [4.69, 9.17) is 27.6 Å². The normalized spacial score (nSPS) is 10.9. The first kappa shape index (κ1) is 13.9. The molecule has 2 nitrogen and oxygen atoms in total. The van der Waals surface area contributed by atoms with Gasteiger partial charge in [0.2, 0.25) is 5.78 Å². The number of ketones is 1. The maximum atomic E-state index is 12.4. The van der Waals surface area contributed by atoms with Crippen LogP contribution >= 0.6 is 45.8 Å². The van der Waals surface area contributed by atoms with Crippen molar-refractivity contribution in [2.24, 2.45) is 0 Å². The van der Waals surface area contributed by atoms with Crippen LogP contribution in [0, 0.1) is 3.57 Å². The molecule has 0 spiro atoms. The molecular formula is C15H7Cl2IO2. The maximum absolute atomic E-state index is 12.4. The zero-order chi connectivity index (χ0) is 14.3. The predicted molar refractivity (Wildman–Crippen MR) is 88.8 cm³/mol. The zero-order valence-electron chi connectivity index (χ0n) is 9.99. The largest absolute Gasteiger partial charge is 0.451 e. The van der Waals surface area contributed by atoms with E-state index in [0.717, 1.165) is 8.96 Å². The molecule has 0 aliphatic rings. The summed E-state index contributed by atoms with van der Waals surface area (Å²) < 4.78 is 6.46. The lowest BCUT2D eigenvalue weighted by atomic mass is 10.1. The number of hydrogen-bond donors (Lipinski definition) is 0. The molecule has 3 aromatic rings. The monoisotopic (exact) mass is 416 g/mol. The fourth-order valence-corrected chi connectivity index (χ4v) is 2.66. The predicted octanol–water partition coefficient (Wildman–Crippen LogP) is 5.58. The van der Waals surface area contributed by atoms with Crippen LogP contribution in [0.2, 0.25) is 10.0 Å². The first-order valence-corrected chi connectivity index (χ1v) is 7.57. The van der Waals surface area contributed by atoms with Crippen molar-refractivity contribution >= 4 is 62.5 Å². The third kappa shape index (κ3) is 2.45. The van der Waals surface area contributed by atoms with E-state index < -0.39 is 0 Å². The Labute approximate surface area is 138 Å². The van der Waals surface area contributed by atoms with Gasteiger partial charge in [-0.2, -0.15) is 0 Å². The van der Waals surface area contributed by atoms with E-state index in [9.17, 15) is 4.79 Å². The summed E-state index contributed by atoms with van der Waals surface area (Å²) in [5, 5.41) is 1.84. The summed E-state index contributed by atoms with van der Waals surface area (Å²) in [4.78, 5) is 12.4. The number of carbonyl (C=O) groups excluding carboxylic acids is 1. The highest BCUT2D eigenvalue weighted by atomic mass is 127. The summed E-state index contributed by atoms with van der Waals surface area (Å²) in [6.07, 6.45) is 0. The highest BCUT2D eigenvalue weighted by Crippen LogP contribution is 2.28. The van der Waals surface area contributed by atoms with Crippen LogP contribution in [0.25, 0.3) is 11.0 Å². The van der Waals surface area contributed by atoms with Gasteiger partial charge in [0.15, 0.2) is 11.3 Å². The van der Waals surface area contributed by atoms with Gasteiger partial charge in [0, 0.05) is 14.5 Å². The molecule has 100 valence electrons. The first-order valence-electron chi connectivity index (χ1n) is 5.74. The average molecular weight is 417 g/mol. The second kappa shape index (κ2) is 5.39. The van der Waals surface area contributed by atoms with Gasteiger partial charge in [-0.3, -0.25) is 4.79 Å². The summed E-state index contributed by atoms with van der Waals surface area (Å²) in [5.74, 6) is 0.0425. The van der Waals surface area contributed by atoms with Crippen molar-refractivity contribution in [3.8, 4) is 0 Å². The molecule has 2 aromatic carbocycles. The molecule has 0 aliphatic heterocycles. The zero-order valence-corrected chi connectivity index (χ0v) is 13.7. The number of hydrogen-bond acceptors (Lipinski definition) is 2. The highest BCUT2D eigenvalue weighted by molar-refractivity contribution is 14.1. The smallest absolute Gasteiger partial charge is 0.228 e. The van der Waals surface area contributed by atoms with Crippen molar-refractivity contribution in [3.05, 3.63) is 67.4 Å². The molecule has 20 heavy (non-hydrogen) atoms. The molecule has 0 saturated heterocycles. The summed E-state index contributed by atoms with van der Waals surface area (Å²) in [5.41, 5.74) is 1.01. The van der Waals surface area contributed by atoms with Gasteiger partial charge in [-0.15, -0.1) is 0 Å². The molecule has 0 amide bonds. The Bertz CT molecular complexity index is 824. The maximum Gasteiger partial charge on any atom is 0.228 e. The molecule has 3 rings (SSSR count). The van der Waals surface area contributed by atoms with Gasteiger partial charge < -0.3 is 4.42 Å². The van der Waals surface area contributed by atoms with Crippen LogP contribution in [0.1, 0.15) is 16.1 Å². The number of fused-ring (bicyclic) bond motifs is 1. The standard InChI is InChI=1S/C15H7Cl2IO2/c16-10-3-1-2-9-7-13(20-15(9)10)14(19)8-4-5-12(18)11(17)6-8/h1-7H. The molecule has 0 unspecified atom stereocenters. The van der Waals surface area contributed by atoms with Crippen LogP contribution in [-0.2, 0) is 0 Å². The van der Waals surface area contributed by atoms with E-state index in [2.05, 4.69) is 22.6 Å². The average Bonchev–Trinajstić information content (AvgIpc) is 2.86. The summed E-state index contributed by atoms with van der Waals surface area (Å²) in [7, 11) is 0. The van der Waals surface area contributed by atoms with Crippen molar-refractivity contribution < 1.29 is 9.21 Å². The lowest BCUT2D eigenvalue weighted by Crippen LogP contribution is -1.99. The summed E-state index contributed by atoms with van der Waals surface area (Å²) >= 11 is 14.2. The Morgan fingerprint density at radius 3 is 2.55 bits per heavy atom. The molecule has 5 heteroatoms. The van der Waals surface area contributed by atoms with Crippen molar-refractivity contribution in [2.75, 3.05) is 0 Å². The Hall–Kier alpha value is -1.04. The van der Waals surface area contributed by atoms with Crippen LogP contribution in [0.4, 0.5) is 0 Å². The van der Waals surface area contributed by atoms with Gasteiger partial charge >= 0.3 is 0 Å². The van der Waals surface area contributed by atoms with Crippen molar-refractivity contribution in [2.45, 2.75) is 0 Å². The van der Waals surface area contributed by atoms with Crippen LogP contribution in [-0.4, -0.2) is 5.78 Å². The second-order valence-electron chi connectivity index (χ2n) is 4.23. The third-order valence-corrected chi connectivity index (χ3v) is 4.77. The third-order valence-electron chi connectivity index (χ3n) is 2.90. The number of rotatable bonds is 2. The number of furan rings is 1. The van der Waals surface area contributed by atoms with Crippen LogP contribution in [0.5, 0.6) is 0 Å². The molecule has 1 aromatic heterocycles. The highest BCUT2D eigenvalue weighted by Gasteiger charge is 2.16. The van der Waals surface area contributed by atoms with Crippen molar-refractivity contribution in [1.82, 2.24) is 0 Å². The van der Waals surface area contributed by atoms with Crippen LogP contribution in [0.3, 0.4) is 0 Å². The fraction of sp³-hybridized carbons (Fsp3) is 0. The van der Waals surface area contributed by atoms with E-state index in [0.29, 0.717) is 21.2 Å². The Kier molecular flexibility index (Phi) is 3.75. The quantitative estimate of drug-likeness (QED) is 0.403. The van der Waals surface area contributed by atoms with Crippen molar-refractivity contribution in [1.29, 1.82) is 0 Å². The van der Waals surface area contributed by atoms with Gasteiger partial charge in [0.05, 0.1) is 10.0 Å². The van der Waals surface area contributed by atoms with Crippen LogP contribution in [0.15, 0.2) is 46.9 Å². The van der Waals surface area contributed by atoms with E-state index in [1.807, 2.05) is 12.1 Å². The van der Waals surface area contributed by atoms with Crippen molar-refractivity contribution in [3.63, 3.8) is 0 Å².